The summed E-state index contributed by atoms with van der Waals surface area (Å²) in [4.78, 5) is 24.2. The second kappa shape index (κ2) is 8.84. The van der Waals surface area contributed by atoms with Gasteiger partial charge in [-0.05, 0) is 26.0 Å². The van der Waals surface area contributed by atoms with Gasteiger partial charge < -0.3 is 9.26 Å². The Hall–Kier alpha value is -2.86. The summed E-state index contributed by atoms with van der Waals surface area (Å²) in [6, 6.07) is 6.72. The first kappa shape index (κ1) is 18.5. The number of nitrogens with one attached hydrogen (secondary N) is 1. The molecule has 1 N–H and O–H groups in total. The highest BCUT2D eigenvalue weighted by molar-refractivity contribution is 6.30. The molecule has 0 radical (unpaired) electrons. The third kappa shape index (κ3) is 4.81. The summed E-state index contributed by atoms with van der Waals surface area (Å²) < 4.78 is 10.2. The Morgan fingerprint density at radius 3 is 2.64 bits per heavy atom. The van der Waals surface area contributed by atoms with Crippen LogP contribution in [0.15, 0.2) is 53.1 Å². The highest BCUT2D eigenvalue weighted by Crippen LogP contribution is 2.30. The van der Waals surface area contributed by atoms with E-state index in [0.717, 1.165) is 0 Å². The Balaban J connectivity index is 2.38. The van der Waals surface area contributed by atoms with Gasteiger partial charge in [0, 0.05) is 16.7 Å². The van der Waals surface area contributed by atoms with Gasteiger partial charge in [0.05, 0.1) is 6.61 Å². The molecule has 0 bridgehead atoms. The van der Waals surface area contributed by atoms with Gasteiger partial charge in [-0.3, -0.25) is 10.1 Å². The number of hydrogen-bond acceptors (Lipinski definition) is 5. The molecule has 0 fully saturated rings. The van der Waals surface area contributed by atoms with E-state index >= 15 is 0 Å². The third-order valence-electron chi connectivity index (χ3n) is 3.08. The number of hydrogen-bond donors (Lipinski definition) is 1. The number of ether oxygens (including phenoxy) is 1. The second-order valence-corrected chi connectivity index (χ2v) is 5.27. The largest absolute Gasteiger partial charge is 0.462 e. The van der Waals surface area contributed by atoms with E-state index < -0.39 is 11.9 Å². The molecule has 2 aromatic rings. The van der Waals surface area contributed by atoms with Gasteiger partial charge in [-0.1, -0.05) is 47.1 Å². The fourth-order valence-electron chi connectivity index (χ4n) is 1.98. The summed E-state index contributed by atoms with van der Waals surface area (Å²) >= 11 is 5.88. The van der Waals surface area contributed by atoms with Crippen molar-refractivity contribution in [2.75, 3.05) is 11.9 Å². The Kier molecular flexibility index (Phi) is 6.54. The first-order valence-electron chi connectivity index (χ1n) is 7.59. The summed E-state index contributed by atoms with van der Waals surface area (Å²) in [6.07, 6.45) is 6.35. The Morgan fingerprint density at radius 2 is 2.00 bits per heavy atom. The normalized spacial score (nSPS) is 11.2. The van der Waals surface area contributed by atoms with Crippen molar-refractivity contribution in [1.82, 2.24) is 5.16 Å². The number of nitrogens with zero attached hydrogens (tertiary/aromatic N) is 1. The molecule has 0 aliphatic carbocycles. The molecule has 1 heterocycles. The zero-order valence-electron chi connectivity index (χ0n) is 13.8. The van der Waals surface area contributed by atoms with Crippen molar-refractivity contribution >= 4 is 29.4 Å². The van der Waals surface area contributed by atoms with E-state index in [0.29, 0.717) is 10.6 Å². The van der Waals surface area contributed by atoms with Crippen molar-refractivity contribution in [1.29, 1.82) is 0 Å². The van der Waals surface area contributed by atoms with E-state index in [2.05, 4.69) is 10.5 Å². The fourth-order valence-corrected chi connectivity index (χ4v) is 2.11. The summed E-state index contributed by atoms with van der Waals surface area (Å²) in [5.74, 6) is -1.16. The van der Waals surface area contributed by atoms with Crippen LogP contribution in [0.25, 0.3) is 11.3 Å². The van der Waals surface area contributed by atoms with Crippen LogP contribution in [-0.2, 0) is 9.53 Å². The van der Waals surface area contributed by atoms with Gasteiger partial charge in [0.2, 0.25) is 5.88 Å². The van der Waals surface area contributed by atoms with Gasteiger partial charge in [-0.2, -0.15) is 0 Å². The average Bonchev–Trinajstić information content (AvgIpc) is 2.99. The number of benzene rings is 1. The van der Waals surface area contributed by atoms with E-state index in [9.17, 15) is 9.59 Å². The zero-order chi connectivity index (χ0) is 18.2. The van der Waals surface area contributed by atoms with Crippen LogP contribution in [0, 0.1) is 0 Å². The van der Waals surface area contributed by atoms with Crippen LogP contribution in [-0.4, -0.2) is 23.6 Å². The zero-order valence-corrected chi connectivity index (χ0v) is 14.5. The smallest absolute Gasteiger partial charge is 0.346 e. The maximum Gasteiger partial charge on any atom is 0.346 e. The van der Waals surface area contributed by atoms with E-state index in [1.807, 2.05) is 6.92 Å². The maximum atomic E-state index is 12.3. The SMILES string of the molecule is C/C=C/C=C/C(=O)Nc1onc(-c2ccc(Cl)cc2)c1C(=O)OCC. The predicted molar refractivity (Wildman–Crippen MR) is 95.5 cm³/mol. The lowest BCUT2D eigenvalue weighted by Crippen LogP contribution is -2.13. The molecule has 0 aliphatic rings. The van der Waals surface area contributed by atoms with Crippen molar-refractivity contribution in [3.63, 3.8) is 0 Å². The molecule has 0 saturated heterocycles. The highest BCUT2D eigenvalue weighted by atomic mass is 35.5. The average molecular weight is 361 g/mol. The first-order valence-corrected chi connectivity index (χ1v) is 7.97. The van der Waals surface area contributed by atoms with Crippen LogP contribution in [0.4, 0.5) is 5.88 Å². The van der Waals surface area contributed by atoms with E-state index in [1.165, 1.54) is 6.08 Å². The minimum atomic E-state index is -0.638. The van der Waals surface area contributed by atoms with Crippen LogP contribution in [0.1, 0.15) is 24.2 Å². The number of carbonyl (C=O) groups excluding carboxylic acids is 2. The number of esters is 1. The van der Waals surface area contributed by atoms with Crippen molar-refractivity contribution in [2.24, 2.45) is 0 Å². The molecule has 6 nitrogen and oxygen atoms in total. The van der Waals surface area contributed by atoms with E-state index in [4.69, 9.17) is 20.9 Å². The topological polar surface area (TPSA) is 81.4 Å². The molecule has 1 aromatic heterocycles. The summed E-state index contributed by atoms with van der Waals surface area (Å²) in [5, 5.41) is 6.94. The summed E-state index contributed by atoms with van der Waals surface area (Å²) in [6.45, 7) is 3.69. The van der Waals surface area contributed by atoms with Crippen LogP contribution in [0.2, 0.25) is 5.02 Å². The number of rotatable bonds is 6. The molecule has 0 unspecified atom stereocenters. The number of allylic oxidation sites excluding steroid dienone is 3. The van der Waals surface area contributed by atoms with Gasteiger partial charge in [0.1, 0.15) is 5.69 Å². The molecule has 1 amide bonds. The number of anilines is 1. The van der Waals surface area contributed by atoms with E-state index in [1.54, 1.807) is 49.4 Å². The minimum Gasteiger partial charge on any atom is -0.462 e. The maximum absolute atomic E-state index is 12.3. The Labute approximate surface area is 150 Å². The molecular formula is C18H17ClN2O4. The van der Waals surface area contributed by atoms with Gasteiger partial charge in [0.25, 0.3) is 5.91 Å². The van der Waals surface area contributed by atoms with Gasteiger partial charge in [-0.15, -0.1) is 0 Å². The van der Waals surface area contributed by atoms with Gasteiger partial charge in [0.15, 0.2) is 5.56 Å². The highest BCUT2D eigenvalue weighted by Gasteiger charge is 2.26. The number of aromatic nitrogens is 1. The lowest BCUT2D eigenvalue weighted by atomic mass is 10.1. The predicted octanol–water partition coefficient (Wildman–Crippen LogP) is 4.24. The summed E-state index contributed by atoms with van der Waals surface area (Å²) in [7, 11) is 0. The van der Waals surface area contributed by atoms with Crippen LogP contribution < -0.4 is 5.32 Å². The molecule has 2 rings (SSSR count). The lowest BCUT2D eigenvalue weighted by Gasteiger charge is -2.04. The van der Waals surface area contributed by atoms with E-state index in [-0.39, 0.29) is 23.7 Å². The Bertz CT molecular complexity index is 807. The third-order valence-corrected chi connectivity index (χ3v) is 3.33. The number of carbonyl (C=O) groups is 2. The Morgan fingerprint density at radius 1 is 1.28 bits per heavy atom. The van der Waals surface area contributed by atoms with Crippen molar-refractivity contribution in [2.45, 2.75) is 13.8 Å². The molecule has 0 aliphatic heterocycles. The van der Waals surface area contributed by atoms with Crippen molar-refractivity contribution in [3.8, 4) is 11.3 Å². The van der Waals surface area contributed by atoms with Crippen molar-refractivity contribution in [3.05, 3.63) is 59.2 Å². The first-order chi connectivity index (χ1) is 12.1. The molecule has 7 heteroatoms. The van der Waals surface area contributed by atoms with Crippen LogP contribution >= 0.6 is 11.6 Å². The summed E-state index contributed by atoms with van der Waals surface area (Å²) in [5.41, 5.74) is 0.931. The second-order valence-electron chi connectivity index (χ2n) is 4.84. The molecule has 0 atom stereocenters. The monoisotopic (exact) mass is 360 g/mol. The van der Waals surface area contributed by atoms with Gasteiger partial charge >= 0.3 is 5.97 Å². The molecule has 0 saturated carbocycles. The van der Waals surface area contributed by atoms with Crippen LogP contribution in [0.3, 0.4) is 0 Å². The van der Waals surface area contributed by atoms with Gasteiger partial charge in [-0.25, -0.2) is 4.79 Å². The number of halogens is 1. The molecule has 1 aromatic carbocycles. The molecule has 0 spiro atoms. The lowest BCUT2D eigenvalue weighted by molar-refractivity contribution is -0.112. The molecule has 25 heavy (non-hydrogen) atoms. The minimum absolute atomic E-state index is 0.0527. The standard InChI is InChI=1S/C18H17ClN2O4/c1-3-5-6-7-14(22)20-17-15(18(23)24-4-2)16(21-25-17)12-8-10-13(19)11-9-12/h3,5-11H,4H2,1-2H3,(H,20,22)/b5-3+,7-6+. The van der Waals surface area contributed by atoms with Crippen LogP contribution in [0.5, 0.6) is 0 Å². The van der Waals surface area contributed by atoms with Crippen molar-refractivity contribution < 1.29 is 18.8 Å². The fraction of sp³-hybridized carbons (Fsp3) is 0.167. The molecular weight excluding hydrogens is 344 g/mol. The number of amides is 1. The quantitative estimate of drug-likeness (QED) is 0.473. The molecule has 130 valence electrons.